The second-order valence-electron chi connectivity index (χ2n) is 3.58. The molecular formula is C9H17O5P. The molecule has 15 heavy (non-hydrogen) atoms. The van der Waals surface area contributed by atoms with Gasteiger partial charge in [-0.1, -0.05) is 13.0 Å². The molecule has 1 N–H and O–H groups in total. The maximum Gasteiger partial charge on any atom is 0.472 e. The molecule has 1 rings (SSSR count). The van der Waals surface area contributed by atoms with Crippen LogP contribution in [0, 0.1) is 11.8 Å². The van der Waals surface area contributed by atoms with Crippen molar-refractivity contribution < 1.29 is 23.2 Å². The molecule has 0 bridgehead atoms. The van der Waals surface area contributed by atoms with Crippen LogP contribution in [0.5, 0.6) is 0 Å². The highest BCUT2D eigenvalue weighted by Crippen LogP contribution is 2.43. The number of phosphoric acid groups is 1. The lowest BCUT2D eigenvalue weighted by molar-refractivity contribution is 0.0373. The molecule has 1 heterocycles. The molecule has 0 aromatic rings. The minimum Gasteiger partial charge on any atom is -0.375 e. The first-order valence-corrected chi connectivity index (χ1v) is 6.27. The number of hydrogen-bond acceptors (Lipinski definition) is 4. The van der Waals surface area contributed by atoms with Gasteiger partial charge in [-0.05, 0) is 5.92 Å². The van der Waals surface area contributed by atoms with Gasteiger partial charge < -0.3 is 9.63 Å². The Morgan fingerprint density at radius 1 is 1.73 bits per heavy atom. The first-order valence-electron chi connectivity index (χ1n) is 4.77. The van der Waals surface area contributed by atoms with Gasteiger partial charge in [-0.15, -0.1) is 6.58 Å². The van der Waals surface area contributed by atoms with Crippen molar-refractivity contribution in [3.8, 4) is 0 Å². The van der Waals surface area contributed by atoms with Crippen molar-refractivity contribution >= 4 is 7.82 Å². The first-order chi connectivity index (χ1) is 7.00. The minimum absolute atomic E-state index is 0.0626. The van der Waals surface area contributed by atoms with E-state index in [1.54, 1.807) is 0 Å². The summed E-state index contributed by atoms with van der Waals surface area (Å²) in [7, 11) is -2.76. The standard InChI is InChI=1S/C9H17O5P/c1-4-8-5-13-9(7(8)2)6-14-15(10,11)12-3/h4,7-9H,1,5-6H2,2-3H3,(H,10,11). The summed E-state index contributed by atoms with van der Waals surface area (Å²) in [6.45, 7) is 6.35. The summed E-state index contributed by atoms with van der Waals surface area (Å²) in [6.07, 6.45) is 1.66. The summed E-state index contributed by atoms with van der Waals surface area (Å²) in [5, 5.41) is 0. The van der Waals surface area contributed by atoms with Crippen molar-refractivity contribution in [3.05, 3.63) is 12.7 Å². The molecule has 88 valence electrons. The zero-order valence-corrected chi connectivity index (χ0v) is 9.85. The van der Waals surface area contributed by atoms with E-state index in [0.29, 0.717) is 6.61 Å². The van der Waals surface area contributed by atoms with Crippen LogP contribution in [0.3, 0.4) is 0 Å². The summed E-state index contributed by atoms with van der Waals surface area (Å²) in [5.74, 6) is 0.513. The topological polar surface area (TPSA) is 65.0 Å². The Hall–Kier alpha value is -0.190. The van der Waals surface area contributed by atoms with Crippen LogP contribution < -0.4 is 0 Å². The van der Waals surface area contributed by atoms with Crippen LogP contribution in [0.25, 0.3) is 0 Å². The molecule has 6 heteroatoms. The molecule has 0 radical (unpaired) electrons. The average molecular weight is 236 g/mol. The number of hydrogen-bond donors (Lipinski definition) is 1. The maximum absolute atomic E-state index is 11.0. The Labute approximate surface area is 89.6 Å². The molecule has 1 aliphatic rings. The summed E-state index contributed by atoms with van der Waals surface area (Å²) >= 11 is 0. The normalized spacial score (nSPS) is 35.0. The molecule has 1 aliphatic heterocycles. The van der Waals surface area contributed by atoms with E-state index in [1.165, 1.54) is 0 Å². The van der Waals surface area contributed by atoms with E-state index in [9.17, 15) is 4.57 Å². The first kappa shape index (κ1) is 12.9. The Morgan fingerprint density at radius 3 is 2.87 bits per heavy atom. The van der Waals surface area contributed by atoms with Gasteiger partial charge in [0.25, 0.3) is 0 Å². The van der Waals surface area contributed by atoms with Gasteiger partial charge in [0, 0.05) is 13.0 Å². The maximum atomic E-state index is 11.0. The van der Waals surface area contributed by atoms with Crippen molar-refractivity contribution in [2.45, 2.75) is 13.0 Å². The van der Waals surface area contributed by atoms with E-state index in [4.69, 9.17) is 14.2 Å². The smallest absolute Gasteiger partial charge is 0.375 e. The average Bonchev–Trinajstić information content (AvgIpc) is 2.57. The van der Waals surface area contributed by atoms with E-state index in [2.05, 4.69) is 11.1 Å². The molecule has 0 saturated carbocycles. The Morgan fingerprint density at radius 2 is 2.40 bits per heavy atom. The number of rotatable bonds is 5. The predicted molar refractivity (Wildman–Crippen MR) is 55.4 cm³/mol. The number of phosphoric ester groups is 1. The lowest BCUT2D eigenvalue weighted by Crippen LogP contribution is -2.22. The van der Waals surface area contributed by atoms with Gasteiger partial charge in [0.2, 0.25) is 0 Å². The quantitative estimate of drug-likeness (QED) is 0.580. The predicted octanol–water partition coefficient (Wildman–Crippen LogP) is 1.59. The van der Waals surface area contributed by atoms with Gasteiger partial charge in [-0.25, -0.2) is 4.57 Å². The fourth-order valence-corrected chi connectivity index (χ4v) is 1.96. The van der Waals surface area contributed by atoms with E-state index >= 15 is 0 Å². The molecule has 0 aliphatic carbocycles. The molecule has 0 aromatic carbocycles. The van der Waals surface area contributed by atoms with Crippen molar-refractivity contribution in [1.82, 2.24) is 0 Å². The second kappa shape index (κ2) is 5.23. The van der Waals surface area contributed by atoms with Gasteiger partial charge >= 0.3 is 7.82 Å². The Kier molecular flexibility index (Phi) is 4.49. The van der Waals surface area contributed by atoms with Crippen LogP contribution in [0.15, 0.2) is 12.7 Å². The van der Waals surface area contributed by atoms with Gasteiger partial charge in [0.05, 0.1) is 19.3 Å². The van der Waals surface area contributed by atoms with Gasteiger partial charge in [-0.2, -0.15) is 0 Å². The minimum atomic E-state index is -3.89. The van der Waals surface area contributed by atoms with Crippen molar-refractivity contribution in [1.29, 1.82) is 0 Å². The van der Waals surface area contributed by atoms with Gasteiger partial charge in [-0.3, -0.25) is 9.05 Å². The van der Waals surface area contributed by atoms with Gasteiger partial charge in [0.15, 0.2) is 0 Å². The summed E-state index contributed by atoms with van der Waals surface area (Å²) in [5.41, 5.74) is 0. The molecule has 1 saturated heterocycles. The van der Waals surface area contributed by atoms with Gasteiger partial charge in [0.1, 0.15) is 0 Å². The van der Waals surface area contributed by atoms with E-state index in [0.717, 1.165) is 7.11 Å². The molecule has 0 spiro atoms. The third-order valence-corrected chi connectivity index (χ3v) is 3.64. The van der Waals surface area contributed by atoms with Crippen LogP contribution >= 0.6 is 7.82 Å². The summed E-state index contributed by atoms with van der Waals surface area (Å²) in [6, 6.07) is 0. The van der Waals surface area contributed by atoms with Crippen LogP contribution in [0.1, 0.15) is 6.92 Å². The number of ether oxygens (including phenoxy) is 1. The third-order valence-electron chi connectivity index (χ3n) is 2.70. The van der Waals surface area contributed by atoms with Crippen LogP contribution in [0.4, 0.5) is 0 Å². The van der Waals surface area contributed by atoms with Crippen LogP contribution in [0.2, 0.25) is 0 Å². The van der Waals surface area contributed by atoms with Crippen molar-refractivity contribution in [2.75, 3.05) is 20.3 Å². The summed E-state index contributed by atoms with van der Waals surface area (Å²) < 4.78 is 25.5. The molecule has 1 fully saturated rings. The summed E-state index contributed by atoms with van der Waals surface area (Å²) in [4.78, 5) is 9.03. The van der Waals surface area contributed by atoms with E-state index in [-0.39, 0.29) is 24.5 Å². The zero-order chi connectivity index (χ0) is 11.5. The fraction of sp³-hybridized carbons (Fsp3) is 0.778. The lowest BCUT2D eigenvalue weighted by atomic mass is 9.93. The molecular weight excluding hydrogens is 219 g/mol. The molecule has 5 nitrogen and oxygen atoms in total. The molecule has 4 unspecified atom stereocenters. The highest BCUT2D eigenvalue weighted by molar-refractivity contribution is 7.47. The highest BCUT2D eigenvalue weighted by Gasteiger charge is 2.34. The van der Waals surface area contributed by atoms with E-state index in [1.807, 2.05) is 13.0 Å². The molecule has 0 aromatic heterocycles. The van der Waals surface area contributed by atoms with E-state index < -0.39 is 7.82 Å². The van der Waals surface area contributed by atoms with Crippen molar-refractivity contribution in [3.63, 3.8) is 0 Å². The lowest BCUT2D eigenvalue weighted by Gasteiger charge is -2.17. The van der Waals surface area contributed by atoms with Crippen LogP contribution in [-0.2, 0) is 18.3 Å². The van der Waals surface area contributed by atoms with Crippen molar-refractivity contribution in [2.24, 2.45) is 11.8 Å². The third kappa shape index (κ3) is 3.40. The Bertz CT molecular complexity index is 267. The Balaban J connectivity index is 2.41. The monoisotopic (exact) mass is 236 g/mol. The fourth-order valence-electron chi connectivity index (χ4n) is 1.52. The molecule has 4 atom stereocenters. The molecule has 0 amide bonds. The second-order valence-corrected chi connectivity index (χ2v) is 5.14. The largest absolute Gasteiger partial charge is 0.472 e. The SMILES string of the molecule is C=CC1COC(COP(=O)(O)OC)C1C. The highest BCUT2D eigenvalue weighted by atomic mass is 31.2. The van der Waals surface area contributed by atoms with Crippen LogP contribution in [-0.4, -0.2) is 31.3 Å². The zero-order valence-electron chi connectivity index (χ0n) is 8.96.